The Hall–Kier alpha value is -2.49. The SMILES string of the molecule is C[C@H]1CC2(CCN(c3cnc(Sc4ccc5ncn(CC=O)c(=O)c5c4Cl)cn3)CC2)CO1. The first-order chi connectivity index (χ1) is 16.0. The van der Waals surface area contributed by atoms with Gasteiger partial charge >= 0.3 is 0 Å². The van der Waals surface area contributed by atoms with E-state index in [2.05, 4.69) is 26.8 Å². The molecule has 0 saturated carbocycles. The van der Waals surface area contributed by atoms with Gasteiger partial charge in [0.05, 0.1) is 53.9 Å². The number of halogens is 1. The van der Waals surface area contributed by atoms with Crippen LogP contribution in [0.25, 0.3) is 10.9 Å². The van der Waals surface area contributed by atoms with Crippen LogP contribution in [0.1, 0.15) is 26.2 Å². The molecule has 1 atom stereocenters. The third kappa shape index (κ3) is 4.37. The fourth-order valence-electron chi connectivity index (χ4n) is 4.72. The van der Waals surface area contributed by atoms with Crippen LogP contribution in [0.3, 0.4) is 0 Å². The molecule has 33 heavy (non-hydrogen) atoms. The number of hydrogen-bond acceptors (Lipinski definition) is 8. The predicted molar refractivity (Wildman–Crippen MR) is 127 cm³/mol. The molecule has 3 aromatic rings. The zero-order chi connectivity index (χ0) is 23.0. The summed E-state index contributed by atoms with van der Waals surface area (Å²) in [5.74, 6) is 0.867. The third-order valence-electron chi connectivity index (χ3n) is 6.54. The van der Waals surface area contributed by atoms with E-state index >= 15 is 0 Å². The molecule has 0 bridgehead atoms. The number of carbonyl (C=O) groups excluding carboxylic acids is 1. The highest BCUT2D eigenvalue weighted by molar-refractivity contribution is 7.99. The highest BCUT2D eigenvalue weighted by Gasteiger charge is 2.41. The Kier molecular flexibility index (Phi) is 6.11. The summed E-state index contributed by atoms with van der Waals surface area (Å²) >= 11 is 7.90. The van der Waals surface area contributed by atoms with Crippen LogP contribution in [0.5, 0.6) is 0 Å². The van der Waals surface area contributed by atoms with Crippen molar-refractivity contribution in [3.8, 4) is 0 Å². The molecule has 10 heteroatoms. The minimum atomic E-state index is -0.342. The number of hydrogen-bond donors (Lipinski definition) is 0. The van der Waals surface area contributed by atoms with Crippen molar-refractivity contribution < 1.29 is 9.53 Å². The van der Waals surface area contributed by atoms with E-state index in [4.69, 9.17) is 16.3 Å². The molecule has 2 aliphatic heterocycles. The van der Waals surface area contributed by atoms with Crippen molar-refractivity contribution in [2.45, 2.75) is 48.8 Å². The van der Waals surface area contributed by atoms with Crippen LogP contribution in [-0.4, -0.2) is 51.6 Å². The van der Waals surface area contributed by atoms with Crippen LogP contribution in [0, 0.1) is 5.41 Å². The average Bonchev–Trinajstić information content (AvgIpc) is 3.18. The predicted octanol–water partition coefficient (Wildman–Crippen LogP) is 3.59. The number of fused-ring (bicyclic) bond motifs is 1. The second-order valence-corrected chi connectivity index (χ2v) is 10.2. The van der Waals surface area contributed by atoms with Gasteiger partial charge in [0, 0.05) is 18.0 Å². The maximum atomic E-state index is 12.7. The molecule has 0 N–H and O–H groups in total. The van der Waals surface area contributed by atoms with Crippen molar-refractivity contribution in [1.82, 2.24) is 19.5 Å². The quantitative estimate of drug-likeness (QED) is 0.506. The van der Waals surface area contributed by atoms with Gasteiger partial charge < -0.3 is 14.4 Å². The van der Waals surface area contributed by atoms with Gasteiger partial charge in [-0.15, -0.1) is 0 Å². The molecule has 2 aliphatic rings. The van der Waals surface area contributed by atoms with E-state index in [1.807, 2.05) is 6.07 Å². The van der Waals surface area contributed by atoms with Crippen molar-refractivity contribution in [3.05, 3.63) is 46.2 Å². The Morgan fingerprint density at radius 1 is 1.24 bits per heavy atom. The van der Waals surface area contributed by atoms with Gasteiger partial charge in [-0.25, -0.2) is 15.0 Å². The summed E-state index contributed by atoms with van der Waals surface area (Å²) in [5.41, 5.74) is 0.472. The van der Waals surface area contributed by atoms with E-state index in [1.54, 1.807) is 18.5 Å². The number of rotatable bonds is 5. The molecular formula is C23H24ClN5O3S. The Balaban J connectivity index is 1.31. The van der Waals surface area contributed by atoms with Crippen LogP contribution in [-0.2, 0) is 16.1 Å². The van der Waals surface area contributed by atoms with E-state index in [0.29, 0.717) is 43.7 Å². The number of benzene rings is 1. The van der Waals surface area contributed by atoms with Gasteiger partial charge in [0.25, 0.3) is 5.56 Å². The molecule has 4 heterocycles. The van der Waals surface area contributed by atoms with Crippen molar-refractivity contribution >= 4 is 46.4 Å². The highest BCUT2D eigenvalue weighted by atomic mass is 35.5. The maximum Gasteiger partial charge on any atom is 0.263 e. The first kappa shape index (κ1) is 22.3. The second kappa shape index (κ2) is 9.04. The minimum Gasteiger partial charge on any atom is -0.378 e. The van der Waals surface area contributed by atoms with Crippen molar-refractivity contribution in [2.24, 2.45) is 5.41 Å². The number of nitrogens with zero attached hydrogens (tertiary/aromatic N) is 5. The van der Waals surface area contributed by atoms with E-state index in [0.717, 1.165) is 44.8 Å². The zero-order valence-electron chi connectivity index (χ0n) is 18.2. The molecule has 172 valence electrons. The first-order valence-electron chi connectivity index (χ1n) is 11.0. The fourth-order valence-corrected chi connectivity index (χ4v) is 5.84. The van der Waals surface area contributed by atoms with Gasteiger partial charge in [-0.3, -0.25) is 9.36 Å². The molecule has 0 radical (unpaired) electrons. The number of aromatic nitrogens is 4. The van der Waals surface area contributed by atoms with Crippen LogP contribution in [0.4, 0.5) is 5.82 Å². The van der Waals surface area contributed by atoms with E-state index < -0.39 is 0 Å². The lowest BCUT2D eigenvalue weighted by Crippen LogP contribution is -2.41. The van der Waals surface area contributed by atoms with E-state index in [9.17, 15) is 9.59 Å². The summed E-state index contributed by atoms with van der Waals surface area (Å²) in [7, 11) is 0. The lowest BCUT2D eigenvalue weighted by Gasteiger charge is -2.38. The number of aldehydes is 1. The summed E-state index contributed by atoms with van der Waals surface area (Å²) in [5, 5.41) is 1.28. The van der Waals surface area contributed by atoms with Crippen LogP contribution >= 0.6 is 23.4 Å². The molecule has 0 amide bonds. The summed E-state index contributed by atoms with van der Waals surface area (Å²) in [4.78, 5) is 39.9. The van der Waals surface area contributed by atoms with Gasteiger partial charge in [0.2, 0.25) is 0 Å². The molecule has 2 fully saturated rings. The summed E-state index contributed by atoms with van der Waals surface area (Å²) in [6.07, 6.45) is 9.26. The Morgan fingerprint density at radius 3 is 2.73 bits per heavy atom. The maximum absolute atomic E-state index is 12.7. The standard InChI is InChI=1S/C23H24ClN5O3S/c1-15-10-23(13-32-15)4-6-28(7-5-23)18-11-26-19(12-25-18)33-17-3-2-16-20(21(17)24)22(31)29(8-9-30)14-27-16/h2-3,9,11-12,14-15H,4-8,10,13H2,1H3/t15-/m0/s1. The minimum absolute atomic E-state index is 0.0634. The van der Waals surface area contributed by atoms with Gasteiger partial charge in [-0.1, -0.05) is 23.4 Å². The summed E-state index contributed by atoms with van der Waals surface area (Å²) in [6.45, 7) is 4.86. The van der Waals surface area contributed by atoms with Crippen molar-refractivity contribution in [2.75, 3.05) is 24.6 Å². The van der Waals surface area contributed by atoms with Gasteiger partial charge in [-0.2, -0.15) is 0 Å². The third-order valence-corrected chi connectivity index (χ3v) is 8.02. The van der Waals surface area contributed by atoms with Crippen LogP contribution < -0.4 is 10.5 Å². The van der Waals surface area contributed by atoms with E-state index in [-0.39, 0.29) is 12.1 Å². The molecule has 2 saturated heterocycles. The topological polar surface area (TPSA) is 90.2 Å². The molecule has 8 nitrogen and oxygen atoms in total. The zero-order valence-corrected chi connectivity index (χ0v) is 19.8. The van der Waals surface area contributed by atoms with Crippen molar-refractivity contribution in [1.29, 1.82) is 0 Å². The van der Waals surface area contributed by atoms with Crippen molar-refractivity contribution in [3.63, 3.8) is 0 Å². The summed E-state index contributed by atoms with van der Waals surface area (Å²) < 4.78 is 7.06. The normalized spacial score (nSPS) is 19.9. The second-order valence-electron chi connectivity index (χ2n) is 8.77. The number of piperidine rings is 1. The Morgan fingerprint density at radius 2 is 2.06 bits per heavy atom. The average molecular weight is 486 g/mol. The van der Waals surface area contributed by atoms with Gasteiger partial charge in [0.15, 0.2) is 0 Å². The Labute approximate surface area is 200 Å². The van der Waals surface area contributed by atoms with Gasteiger partial charge in [0.1, 0.15) is 17.1 Å². The molecule has 0 unspecified atom stereocenters. The van der Waals surface area contributed by atoms with Crippen LogP contribution in [0.2, 0.25) is 5.02 Å². The fraction of sp³-hybridized carbons (Fsp3) is 0.435. The van der Waals surface area contributed by atoms with E-state index in [1.165, 1.54) is 22.7 Å². The molecule has 2 aromatic heterocycles. The highest BCUT2D eigenvalue weighted by Crippen LogP contribution is 2.42. The lowest BCUT2D eigenvalue weighted by molar-refractivity contribution is -0.108. The monoisotopic (exact) mass is 485 g/mol. The number of carbonyl (C=O) groups is 1. The number of anilines is 1. The Bertz CT molecular complexity index is 1240. The molecular weight excluding hydrogens is 462 g/mol. The lowest BCUT2D eigenvalue weighted by atomic mass is 9.77. The molecule has 0 aliphatic carbocycles. The molecule has 1 spiro atoms. The number of ether oxygens (including phenoxy) is 1. The molecule has 1 aromatic carbocycles. The largest absolute Gasteiger partial charge is 0.378 e. The first-order valence-corrected chi connectivity index (χ1v) is 12.2. The van der Waals surface area contributed by atoms with Gasteiger partial charge in [-0.05, 0) is 43.7 Å². The van der Waals surface area contributed by atoms with Crippen LogP contribution in [0.15, 0.2) is 45.6 Å². The summed E-state index contributed by atoms with van der Waals surface area (Å²) in [6, 6.07) is 3.56. The molecule has 5 rings (SSSR count). The smallest absolute Gasteiger partial charge is 0.263 e.